The van der Waals surface area contributed by atoms with Gasteiger partial charge in [0.15, 0.2) is 11.6 Å². The van der Waals surface area contributed by atoms with Crippen molar-refractivity contribution in [3.63, 3.8) is 0 Å². The van der Waals surface area contributed by atoms with Crippen molar-refractivity contribution in [1.29, 1.82) is 0 Å². The molecule has 3 heterocycles. The second kappa shape index (κ2) is 8.44. The quantitative estimate of drug-likeness (QED) is 0.305. The lowest BCUT2D eigenvalue weighted by Crippen LogP contribution is -2.07. The van der Waals surface area contributed by atoms with Gasteiger partial charge in [0.05, 0.1) is 22.8 Å². The number of fused-ring (bicyclic) bond motifs is 2. The second-order valence-electron chi connectivity index (χ2n) is 7.89. The number of ether oxygens (including phenoxy) is 1. The molecular weight excluding hydrogens is 442 g/mol. The average Bonchev–Trinajstić information content (AvgIpc) is 3.39. The number of aryl methyl sites for hydroxylation is 2. The van der Waals surface area contributed by atoms with E-state index in [4.69, 9.17) is 4.74 Å². The highest BCUT2D eigenvalue weighted by atomic mass is 32.1. The maximum atomic E-state index is 14.8. The molecule has 0 fully saturated rings. The molecule has 5 rings (SSSR count). The van der Waals surface area contributed by atoms with Gasteiger partial charge in [0.25, 0.3) is 0 Å². The van der Waals surface area contributed by atoms with E-state index >= 15 is 0 Å². The summed E-state index contributed by atoms with van der Waals surface area (Å²) in [5.74, 6) is 0.257. The predicted octanol–water partition coefficient (Wildman–Crippen LogP) is 6.40. The molecule has 5 aromatic rings. The molecule has 2 N–H and O–H groups in total. The van der Waals surface area contributed by atoms with Gasteiger partial charge in [-0.25, -0.2) is 18.7 Å². The zero-order valence-corrected chi connectivity index (χ0v) is 19.2. The number of aromatic nitrogens is 3. The van der Waals surface area contributed by atoms with E-state index in [9.17, 15) is 8.78 Å². The van der Waals surface area contributed by atoms with Crippen LogP contribution >= 0.6 is 11.3 Å². The van der Waals surface area contributed by atoms with Gasteiger partial charge in [0.1, 0.15) is 18.0 Å². The Kier molecular flexibility index (Phi) is 5.46. The molecule has 3 aromatic heterocycles. The standard InChI is InChI=1S/C25H22F2N4OS/c1-13-7-8-17(26)23-21(13)15(14(2)31-23)9-10-28-25-24-18(29-12-30-25)11-20(33-24)16-5-4-6-19(32-3)22(16)27/h4-8,11-12,31H,9-10H2,1-3H3,(H,28,29,30). The van der Waals surface area contributed by atoms with E-state index in [0.29, 0.717) is 29.9 Å². The number of hydrogen-bond donors (Lipinski definition) is 2. The zero-order valence-electron chi connectivity index (χ0n) is 18.4. The third-order valence-electron chi connectivity index (χ3n) is 5.86. The molecule has 0 aliphatic heterocycles. The first-order chi connectivity index (χ1) is 16.0. The molecule has 0 amide bonds. The van der Waals surface area contributed by atoms with Crippen LogP contribution in [0.2, 0.25) is 0 Å². The summed E-state index contributed by atoms with van der Waals surface area (Å²) in [7, 11) is 1.45. The van der Waals surface area contributed by atoms with Crippen molar-refractivity contribution in [2.24, 2.45) is 0 Å². The van der Waals surface area contributed by atoms with Crippen molar-refractivity contribution < 1.29 is 13.5 Å². The number of anilines is 1. The third kappa shape index (κ3) is 3.70. The SMILES string of the molecule is COc1cccc(-c2cc3ncnc(NCCc4c(C)[nH]c5c(F)ccc(C)c45)c3s2)c1F. The highest BCUT2D eigenvalue weighted by Crippen LogP contribution is 2.38. The van der Waals surface area contributed by atoms with Crippen molar-refractivity contribution in [2.45, 2.75) is 20.3 Å². The Morgan fingerprint density at radius 1 is 1.12 bits per heavy atom. The summed E-state index contributed by atoms with van der Waals surface area (Å²) in [6.45, 7) is 4.56. The molecule has 0 spiro atoms. The number of methoxy groups -OCH3 is 1. The Balaban J connectivity index is 1.43. The Morgan fingerprint density at radius 3 is 2.79 bits per heavy atom. The highest BCUT2D eigenvalue weighted by Gasteiger charge is 2.17. The Bertz CT molecular complexity index is 1490. The van der Waals surface area contributed by atoms with E-state index in [1.165, 1.54) is 30.8 Å². The van der Waals surface area contributed by atoms with Gasteiger partial charge in [0, 0.05) is 28.1 Å². The van der Waals surface area contributed by atoms with Crippen molar-refractivity contribution in [3.8, 4) is 16.2 Å². The monoisotopic (exact) mass is 464 g/mol. The summed E-state index contributed by atoms with van der Waals surface area (Å²) in [5, 5.41) is 4.33. The maximum absolute atomic E-state index is 14.8. The molecule has 0 bridgehead atoms. The van der Waals surface area contributed by atoms with Gasteiger partial charge in [-0.1, -0.05) is 18.2 Å². The molecule has 2 aromatic carbocycles. The summed E-state index contributed by atoms with van der Waals surface area (Å²) in [6.07, 6.45) is 2.20. The van der Waals surface area contributed by atoms with Crippen LogP contribution in [0.1, 0.15) is 16.8 Å². The van der Waals surface area contributed by atoms with Gasteiger partial charge in [-0.2, -0.15) is 0 Å². The largest absolute Gasteiger partial charge is 0.494 e. The summed E-state index contributed by atoms with van der Waals surface area (Å²) >= 11 is 1.43. The summed E-state index contributed by atoms with van der Waals surface area (Å²) in [5.41, 5.74) is 4.85. The average molecular weight is 465 g/mol. The lowest BCUT2D eigenvalue weighted by molar-refractivity contribution is 0.387. The highest BCUT2D eigenvalue weighted by molar-refractivity contribution is 7.22. The molecule has 0 atom stereocenters. The summed E-state index contributed by atoms with van der Waals surface area (Å²) in [4.78, 5) is 12.7. The lowest BCUT2D eigenvalue weighted by Gasteiger charge is -2.08. The molecule has 0 saturated heterocycles. The fourth-order valence-electron chi connectivity index (χ4n) is 4.23. The van der Waals surface area contributed by atoms with E-state index in [1.807, 2.05) is 19.9 Å². The van der Waals surface area contributed by atoms with E-state index in [-0.39, 0.29) is 11.6 Å². The topological polar surface area (TPSA) is 62.8 Å². The number of H-pyrrole nitrogens is 1. The third-order valence-corrected chi connectivity index (χ3v) is 7.02. The number of thiophene rings is 1. The maximum Gasteiger partial charge on any atom is 0.173 e. The van der Waals surface area contributed by atoms with Crippen LogP contribution in [0.25, 0.3) is 31.6 Å². The van der Waals surface area contributed by atoms with Crippen LogP contribution in [-0.4, -0.2) is 28.6 Å². The molecular formula is C25H22F2N4OS. The Hall–Kier alpha value is -3.52. The minimum absolute atomic E-state index is 0.204. The van der Waals surface area contributed by atoms with Crippen LogP contribution in [0.3, 0.4) is 0 Å². The van der Waals surface area contributed by atoms with Crippen molar-refractivity contribution in [1.82, 2.24) is 15.0 Å². The fraction of sp³-hybridized carbons (Fsp3) is 0.200. The van der Waals surface area contributed by atoms with E-state index in [2.05, 4.69) is 20.3 Å². The van der Waals surface area contributed by atoms with Gasteiger partial charge < -0.3 is 15.0 Å². The minimum atomic E-state index is -0.397. The van der Waals surface area contributed by atoms with Crippen LogP contribution in [-0.2, 0) is 6.42 Å². The predicted molar refractivity (Wildman–Crippen MR) is 129 cm³/mol. The minimum Gasteiger partial charge on any atom is -0.494 e. The van der Waals surface area contributed by atoms with Gasteiger partial charge in [-0.3, -0.25) is 0 Å². The van der Waals surface area contributed by atoms with Crippen molar-refractivity contribution in [2.75, 3.05) is 19.0 Å². The number of halogens is 2. The molecule has 0 aliphatic rings. The van der Waals surface area contributed by atoms with Gasteiger partial charge >= 0.3 is 0 Å². The first kappa shape index (κ1) is 21.3. The number of hydrogen-bond acceptors (Lipinski definition) is 5. The second-order valence-corrected chi connectivity index (χ2v) is 8.94. The number of benzene rings is 2. The van der Waals surface area contributed by atoms with Crippen LogP contribution in [0.4, 0.5) is 14.6 Å². The first-order valence-electron chi connectivity index (χ1n) is 10.6. The Morgan fingerprint density at radius 2 is 1.97 bits per heavy atom. The van der Waals surface area contributed by atoms with Crippen LogP contribution in [0.15, 0.2) is 42.7 Å². The van der Waals surface area contributed by atoms with Gasteiger partial charge in [-0.05, 0) is 49.6 Å². The van der Waals surface area contributed by atoms with E-state index in [0.717, 1.165) is 37.3 Å². The van der Waals surface area contributed by atoms with E-state index < -0.39 is 5.82 Å². The lowest BCUT2D eigenvalue weighted by atomic mass is 10.0. The van der Waals surface area contributed by atoms with Crippen LogP contribution in [0.5, 0.6) is 5.75 Å². The van der Waals surface area contributed by atoms with Crippen LogP contribution < -0.4 is 10.1 Å². The van der Waals surface area contributed by atoms with Crippen molar-refractivity contribution in [3.05, 3.63) is 71.2 Å². The number of nitrogens with one attached hydrogen (secondary N) is 2. The molecule has 168 valence electrons. The number of aromatic amines is 1. The van der Waals surface area contributed by atoms with Crippen LogP contribution in [0, 0.1) is 25.5 Å². The molecule has 8 heteroatoms. The molecule has 0 unspecified atom stereocenters. The Labute approximate surface area is 193 Å². The molecule has 0 saturated carbocycles. The summed E-state index contributed by atoms with van der Waals surface area (Å²) < 4.78 is 35.0. The van der Waals surface area contributed by atoms with Crippen molar-refractivity contribution >= 4 is 38.3 Å². The van der Waals surface area contributed by atoms with Gasteiger partial charge in [-0.15, -0.1) is 11.3 Å². The van der Waals surface area contributed by atoms with E-state index in [1.54, 1.807) is 24.3 Å². The summed E-state index contributed by atoms with van der Waals surface area (Å²) in [6, 6.07) is 10.2. The number of rotatable bonds is 6. The smallest absolute Gasteiger partial charge is 0.173 e. The normalized spacial score (nSPS) is 11.4. The number of nitrogens with zero attached hydrogens (tertiary/aromatic N) is 2. The fourth-order valence-corrected chi connectivity index (χ4v) is 5.33. The molecule has 0 aliphatic carbocycles. The molecule has 33 heavy (non-hydrogen) atoms. The molecule has 0 radical (unpaired) electrons. The molecule has 5 nitrogen and oxygen atoms in total. The first-order valence-corrected chi connectivity index (χ1v) is 11.4. The van der Waals surface area contributed by atoms with Gasteiger partial charge in [0.2, 0.25) is 0 Å². The zero-order chi connectivity index (χ0) is 23.1.